The average molecular weight is 445 g/mol. The van der Waals surface area contributed by atoms with E-state index in [2.05, 4.69) is 20.9 Å². The molecule has 2 amide bonds. The minimum Gasteiger partial charge on any atom is -0.274 e. The van der Waals surface area contributed by atoms with Crippen molar-refractivity contribution < 1.29 is 14.0 Å². The number of carbonyl (C=O) groups is 2. The summed E-state index contributed by atoms with van der Waals surface area (Å²) < 4.78 is 14.4. The molecule has 0 N–H and O–H groups in total. The van der Waals surface area contributed by atoms with Crippen molar-refractivity contribution in [1.82, 2.24) is 9.88 Å². The summed E-state index contributed by atoms with van der Waals surface area (Å²) in [6.45, 7) is 0.235. The Labute approximate surface area is 167 Å². The zero-order chi connectivity index (χ0) is 19.1. The zero-order valence-corrected chi connectivity index (χ0v) is 16.7. The lowest BCUT2D eigenvalue weighted by molar-refractivity contribution is 0.0656. The normalized spacial score (nSPS) is 13.5. The van der Waals surface area contributed by atoms with Crippen LogP contribution in [0.4, 0.5) is 4.39 Å². The maximum absolute atomic E-state index is 13.6. The summed E-state index contributed by atoms with van der Waals surface area (Å²) in [6, 6.07) is 11.3. The van der Waals surface area contributed by atoms with Crippen LogP contribution in [0.5, 0.6) is 0 Å². The molecule has 0 saturated carbocycles. The first-order valence-corrected chi connectivity index (χ1v) is 10.3. The van der Waals surface area contributed by atoms with Gasteiger partial charge in [-0.2, -0.15) is 0 Å². The van der Waals surface area contributed by atoms with E-state index < -0.39 is 0 Å². The van der Waals surface area contributed by atoms with Gasteiger partial charge in [0.05, 0.1) is 26.8 Å². The Morgan fingerprint density at radius 3 is 2.41 bits per heavy atom. The predicted octanol–water partition coefficient (Wildman–Crippen LogP) is 4.70. The Morgan fingerprint density at radius 1 is 1.11 bits per heavy atom. The van der Waals surface area contributed by atoms with Crippen LogP contribution in [0, 0.1) is 5.82 Å². The number of pyridine rings is 1. The summed E-state index contributed by atoms with van der Waals surface area (Å²) in [5.41, 5.74) is 2.29. The Hall–Kier alpha value is -2.25. The van der Waals surface area contributed by atoms with E-state index in [0.29, 0.717) is 23.1 Å². The Balaban J connectivity index is 1.65. The number of hydrogen-bond donors (Lipinski definition) is 0. The van der Waals surface area contributed by atoms with Crippen molar-refractivity contribution in [3.05, 3.63) is 69.6 Å². The van der Waals surface area contributed by atoms with Crippen LogP contribution >= 0.6 is 27.7 Å². The van der Waals surface area contributed by atoms with Gasteiger partial charge in [-0.05, 0) is 52.5 Å². The first kappa shape index (κ1) is 18.1. The minimum absolute atomic E-state index is 0.235. The van der Waals surface area contributed by atoms with Crippen molar-refractivity contribution in [2.75, 3.05) is 12.8 Å². The summed E-state index contributed by atoms with van der Waals surface area (Å²) in [5, 5.41) is 0.735. The lowest BCUT2D eigenvalue weighted by Crippen LogP contribution is -2.32. The van der Waals surface area contributed by atoms with Gasteiger partial charge in [0.2, 0.25) is 0 Å². The third-order valence-electron chi connectivity index (χ3n) is 4.57. The van der Waals surface area contributed by atoms with E-state index in [0.717, 1.165) is 20.4 Å². The average Bonchev–Trinajstić information content (AvgIpc) is 2.91. The third kappa shape index (κ3) is 3.04. The maximum atomic E-state index is 13.6. The van der Waals surface area contributed by atoms with Crippen molar-refractivity contribution in [1.29, 1.82) is 0 Å². The molecular weight excluding hydrogens is 431 g/mol. The summed E-state index contributed by atoms with van der Waals surface area (Å²) >= 11 is 5.06. The highest BCUT2D eigenvalue weighted by atomic mass is 79.9. The molecule has 0 atom stereocenters. The highest BCUT2D eigenvalue weighted by Crippen LogP contribution is 2.35. The molecule has 136 valence electrons. The van der Waals surface area contributed by atoms with Gasteiger partial charge in [0.25, 0.3) is 11.8 Å². The molecule has 1 aliphatic rings. The number of nitrogens with zero attached hydrogens (tertiary/aromatic N) is 2. The molecule has 0 saturated heterocycles. The van der Waals surface area contributed by atoms with Crippen molar-refractivity contribution in [3.8, 4) is 0 Å². The second-order valence-electron chi connectivity index (χ2n) is 6.12. The predicted molar refractivity (Wildman–Crippen MR) is 107 cm³/mol. The van der Waals surface area contributed by atoms with Gasteiger partial charge in [-0.1, -0.05) is 12.1 Å². The molecule has 4 nitrogen and oxygen atoms in total. The molecule has 3 aromatic rings. The van der Waals surface area contributed by atoms with Crippen LogP contribution in [0.3, 0.4) is 0 Å². The van der Waals surface area contributed by atoms with Crippen molar-refractivity contribution in [2.45, 2.75) is 11.3 Å². The number of fused-ring (bicyclic) bond motifs is 2. The van der Waals surface area contributed by atoms with Gasteiger partial charge < -0.3 is 0 Å². The van der Waals surface area contributed by atoms with Crippen LogP contribution in [-0.4, -0.2) is 34.5 Å². The molecule has 27 heavy (non-hydrogen) atoms. The number of benzene rings is 2. The Bertz CT molecular complexity index is 1070. The highest BCUT2D eigenvalue weighted by Gasteiger charge is 2.34. The monoisotopic (exact) mass is 444 g/mol. The number of rotatable bonds is 4. The van der Waals surface area contributed by atoms with Gasteiger partial charge in [0, 0.05) is 23.2 Å². The molecule has 0 aliphatic carbocycles. The number of thioether (sulfide) groups is 1. The van der Waals surface area contributed by atoms with E-state index >= 15 is 0 Å². The molecular formula is C20H14BrFN2O2S. The van der Waals surface area contributed by atoms with Crippen LogP contribution in [0.25, 0.3) is 10.9 Å². The van der Waals surface area contributed by atoms with E-state index in [9.17, 15) is 14.0 Å². The SMILES string of the molecule is CSc1c(Br)c(CCN2C(=O)c3ccccc3C2=O)nc2ccc(F)cc12. The van der Waals surface area contributed by atoms with Crippen LogP contribution in [0.2, 0.25) is 0 Å². The fraction of sp³-hybridized carbons (Fsp3) is 0.150. The van der Waals surface area contributed by atoms with Crippen LogP contribution in [-0.2, 0) is 6.42 Å². The van der Waals surface area contributed by atoms with Crippen LogP contribution in [0.15, 0.2) is 51.8 Å². The summed E-state index contributed by atoms with van der Waals surface area (Å²) in [5.74, 6) is -0.871. The minimum atomic E-state index is -0.315. The summed E-state index contributed by atoms with van der Waals surface area (Å²) in [6.07, 6.45) is 2.32. The third-order valence-corrected chi connectivity index (χ3v) is 6.51. The molecule has 1 aliphatic heterocycles. The lowest BCUT2D eigenvalue weighted by Gasteiger charge is -2.16. The Kier molecular flexibility index (Phi) is 4.74. The number of halogens is 2. The fourth-order valence-electron chi connectivity index (χ4n) is 3.26. The molecule has 1 aromatic heterocycles. The molecule has 2 aromatic carbocycles. The second kappa shape index (κ2) is 7.05. The van der Waals surface area contributed by atoms with Gasteiger partial charge in [0.1, 0.15) is 5.82 Å². The van der Waals surface area contributed by atoms with Crippen LogP contribution in [0.1, 0.15) is 26.4 Å². The Morgan fingerprint density at radius 2 is 1.78 bits per heavy atom. The van der Waals surface area contributed by atoms with Crippen molar-refractivity contribution >= 4 is 50.4 Å². The molecule has 0 bridgehead atoms. The van der Waals surface area contributed by atoms with Gasteiger partial charge in [-0.15, -0.1) is 11.8 Å². The van der Waals surface area contributed by atoms with Gasteiger partial charge in [0.15, 0.2) is 0 Å². The van der Waals surface area contributed by atoms with E-state index in [-0.39, 0.29) is 24.2 Å². The van der Waals surface area contributed by atoms with Gasteiger partial charge >= 0.3 is 0 Å². The first-order chi connectivity index (χ1) is 13.0. The first-order valence-electron chi connectivity index (χ1n) is 8.28. The summed E-state index contributed by atoms with van der Waals surface area (Å²) in [7, 11) is 0. The van der Waals surface area contributed by atoms with Gasteiger partial charge in [-0.3, -0.25) is 19.5 Å². The molecule has 7 heteroatoms. The van der Waals surface area contributed by atoms with Crippen LogP contribution < -0.4 is 0 Å². The lowest BCUT2D eigenvalue weighted by atomic mass is 10.1. The smallest absolute Gasteiger partial charge is 0.261 e. The molecule has 2 heterocycles. The largest absolute Gasteiger partial charge is 0.274 e. The highest BCUT2D eigenvalue weighted by molar-refractivity contribution is 9.10. The van der Waals surface area contributed by atoms with Crippen molar-refractivity contribution in [2.24, 2.45) is 0 Å². The zero-order valence-electron chi connectivity index (χ0n) is 14.3. The van der Waals surface area contributed by atoms with E-state index in [4.69, 9.17) is 0 Å². The number of imide groups is 1. The standard InChI is InChI=1S/C20H14BrFN2O2S/c1-27-18-14-10-11(22)6-7-15(14)23-16(17(18)21)8-9-24-19(25)12-4-2-3-5-13(12)20(24)26/h2-7,10H,8-9H2,1H3. The van der Waals surface area contributed by atoms with Gasteiger partial charge in [-0.25, -0.2) is 4.39 Å². The fourth-order valence-corrected chi connectivity index (χ4v) is 4.92. The molecule has 0 unspecified atom stereocenters. The maximum Gasteiger partial charge on any atom is 0.261 e. The molecule has 0 spiro atoms. The van der Waals surface area contributed by atoms with E-state index in [1.165, 1.54) is 28.8 Å². The van der Waals surface area contributed by atoms with Crippen molar-refractivity contribution in [3.63, 3.8) is 0 Å². The number of hydrogen-bond acceptors (Lipinski definition) is 4. The van der Waals surface area contributed by atoms with E-state index in [1.807, 2.05) is 6.26 Å². The molecule has 0 fully saturated rings. The topological polar surface area (TPSA) is 50.3 Å². The molecule has 0 radical (unpaired) electrons. The summed E-state index contributed by atoms with van der Waals surface area (Å²) in [4.78, 5) is 31.8. The van der Waals surface area contributed by atoms with E-state index in [1.54, 1.807) is 30.3 Å². The molecule has 4 rings (SSSR count). The second-order valence-corrected chi connectivity index (χ2v) is 7.73. The number of carbonyl (C=O) groups excluding carboxylic acids is 2. The number of aromatic nitrogens is 1. The number of amides is 2. The quantitative estimate of drug-likeness (QED) is 0.432.